The van der Waals surface area contributed by atoms with Gasteiger partial charge in [-0.15, -0.1) is 0 Å². The van der Waals surface area contributed by atoms with E-state index in [-0.39, 0.29) is 5.56 Å². The van der Waals surface area contributed by atoms with E-state index in [1.165, 1.54) is 0 Å². The first-order valence-corrected chi connectivity index (χ1v) is 7.09. The number of aromatic carboxylic acids is 1. The van der Waals surface area contributed by atoms with Crippen LogP contribution in [-0.4, -0.2) is 11.1 Å². The molecule has 3 nitrogen and oxygen atoms in total. The van der Waals surface area contributed by atoms with E-state index in [4.69, 9.17) is 4.74 Å². The second kappa shape index (κ2) is 5.35. The summed E-state index contributed by atoms with van der Waals surface area (Å²) in [7, 11) is 0. The predicted molar refractivity (Wildman–Crippen MR) is 79.6 cm³/mol. The topological polar surface area (TPSA) is 46.5 Å². The Morgan fingerprint density at radius 3 is 2.75 bits per heavy atom. The van der Waals surface area contributed by atoms with Gasteiger partial charge in [0.2, 0.25) is 0 Å². The number of benzene rings is 2. The number of carboxylic acids is 1. The molecule has 0 saturated carbocycles. The Morgan fingerprint density at radius 2 is 2.00 bits per heavy atom. The minimum Gasteiger partial charge on any atom is -0.488 e. The average molecular weight is 284 g/mol. The summed E-state index contributed by atoms with van der Waals surface area (Å²) < 4.78 is 5.68. The molecule has 0 aliphatic rings. The van der Waals surface area contributed by atoms with Crippen molar-refractivity contribution in [1.29, 1.82) is 0 Å². The highest BCUT2D eigenvalue weighted by Crippen LogP contribution is 2.28. The molecule has 3 rings (SSSR count). The molecule has 1 heterocycles. The van der Waals surface area contributed by atoms with Crippen molar-refractivity contribution in [2.45, 2.75) is 6.61 Å². The number of ether oxygens (including phenoxy) is 1. The molecule has 0 bridgehead atoms. The van der Waals surface area contributed by atoms with Gasteiger partial charge in [0.15, 0.2) is 0 Å². The van der Waals surface area contributed by atoms with Crippen LogP contribution in [0.1, 0.15) is 15.9 Å². The number of fused-ring (bicyclic) bond motifs is 1. The van der Waals surface area contributed by atoms with Gasteiger partial charge in [0, 0.05) is 0 Å². The molecule has 100 valence electrons. The lowest BCUT2D eigenvalue weighted by Crippen LogP contribution is -2.04. The molecule has 0 fully saturated rings. The first kappa shape index (κ1) is 12.7. The van der Waals surface area contributed by atoms with E-state index in [0.29, 0.717) is 17.7 Å². The Bertz CT molecular complexity index is 748. The maximum absolute atomic E-state index is 11.5. The third kappa shape index (κ3) is 2.38. The van der Waals surface area contributed by atoms with Crippen molar-refractivity contribution in [2.75, 3.05) is 0 Å². The summed E-state index contributed by atoms with van der Waals surface area (Å²) in [6.45, 7) is 0.377. The van der Waals surface area contributed by atoms with Crippen molar-refractivity contribution < 1.29 is 14.6 Å². The number of rotatable bonds is 4. The van der Waals surface area contributed by atoms with Crippen molar-refractivity contribution >= 4 is 28.1 Å². The second-order valence-electron chi connectivity index (χ2n) is 4.39. The van der Waals surface area contributed by atoms with Gasteiger partial charge in [-0.1, -0.05) is 30.3 Å². The number of hydrogen-bond acceptors (Lipinski definition) is 3. The highest BCUT2D eigenvalue weighted by Gasteiger charge is 2.15. The van der Waals surface area contributed by atoms with E-state index >= 15 is 0 Å². The summed E-state index contributed by atoms with van der Waals surface area (Å²) in [5.41, 5.74) is 1.26. The third-order valence-corrected chi connectivity index (χ3v) is 3.81. The summed E-state index contributed by atoms with van der Waals surface area (Å²) in [6.07, 6.45) is 0. The normalized spacial score (nSPS) is 10.6. The quantitative estimate of drug-likeness (QED) is 0.781. The fourth-order valence-corrected chi connectivity index (χ4v) is 2.78. The van der Waals surface area contributed by atoms with E-state index in [1.807, 2.05) is 41.1 Å². The van der Waals surface area contributed by atoms with Crippen LogP contribution < -0.4 is 4.74 Å². The fourth-order valence-electron chi connectivity index (χ4n) is 2.13. The van der Waals surface area contributed by atoms with Crippen LogP contribution in [0.3, 0.4) is 0 Å². The van der Waals surface area contributed by atoms with Gasteiger partial charge in [0.25, 0.3) is 0 Å². The van der Waals surface area contributed by atoms with Crippen LogP contribution in [0.2, 0.25) is 0 Å². The zero-order valence-corrected chi connectivity index (χ0v) is 11.4. The summed E-state index contributed by atoms with van der Waals surface area (Å²) in [4.78, 5) is 11.5. The lowest BCUT2D eigenvalue weighted by Gasteiger charge is -2.11. The molecule has 20 heavy (non-hydrogen) atoms. The summed E-state index contributed by atoms with van der Waals surface area (Å²) in [5.74, 6) is -0.565. The van der Waals surface area contributed by atoms with Gasteiger partial charge < -0.3 is 9.84 Å². The molecular weight excluding hydrogens is 272 g/mol. The first-order chi connectivity index (χ1) is 9.75. The third-order valence-electron chi connectivity index (χ3n) is 3.08. The van der Waals surface area contributed by atoms with Gasteiger partial charge in [0.05, 0.1) is 0 Å². The van der Waals surface area contributed by atoms with Gasteiger partial charge in [-0.25, -0.2) is 4.79 Å². The Balaban J connectivity index is 2.01. The van der Waals surface area contributed by atoms with E-state index < -0.39 is 5.97 Å². The van der Waals surface area contributed by atoms with Crippen molar-refractivity contribution in [3.05, 3.63) is 64.4 Å². The lowest BCUT2D eigenvalue weighted by atomic mass is 10.0. The lowest BCUT2D eigenvalue weighted by molar-refractivity contribution is 0.0694. The highest BCUT2D eigenvalue weighted by atomic mass is 32.1. The summed E-state index contributed by atoms with van der Waals surface area (Å²) in [6, 6.07) is 13.0. The molecule has 0 atom stereocenters. The molecule has 0 radical (unpaired) electrons. The summed E-state index contributed by atoms with van der Waals surface area (Å²) >= 11 is 1.59. The molecule has 4 heteroatoms. The van der Waals surface area contributed by atoms with Crippen LogP contribution in [0.25, 0.3) is 10.8 Å². The van der Waals surface area contributed by atoms with E-state index in [9.17, 15) is 9.90 Å². The minimum absolute atomic E-state index is 0.221. The van der Waals surface area contributed by atoms with E-state index in [2.05, 4.69) is 0 Å². The van der Waals surface area contributed by atoms with Crippen molar-refractivity contribution in [3.63, 3.8) is 0 Å². The molecule has 3 aromatic rings. The molecule has 0 aliphatic heterocycles. The maximum Gasteiger partial charge on any atom is 0.340 e. The molecule has 1 aromatic heterocycles. The van der Waals surface area contributed by atoms with E-state index in [1.54, 1.807) is 23.5 Å². The molecule has 0 aliphatic carbocycles. The number of carbonyl (C=O) groups is 1. The van der Waals surface area contributed by atoms with Gasteiger partial charge in [-0.3, -0.25) is 0 Å². The zero-order valence-electron chi connectivity index (χ0n) is 10.6. The maximum atomic E-state index is 11.5. The van der Waals surface area contributed by atoms with Crippen LogP contribution in [0.5, 0.6) is 5.75 Å². The van der Waals surface area contributed by atoms with Crippen LogP contribution >= 0.6 is 11.3 Å². The van der Waals surface area contributed by atoms with Gasteiger partial charge in [-0.2, -0.15) is 11.3 Å². The zero-order chi connectivity index (χ0) is 13.9. The number of carboxylic acid groups (broad SMARTS) is 1. The Kier molecular flexibility index (Phi) is 3.39. The predicted octanol–water partition coefficient (Wildman–Crippen LogP) is 4.18. The monoisotopic (exact) mass is 284 g/mol. The molecule has 2 aromatic carbocycles. The molecule has 1 N–H and O–H groups in total. The minimum atomic E-state index is -0.970. The van der Waals surface area contributed by atoms with E-state index in [0.717, 1.165) is 10.9 Å². The van der Waals surface area contributed by atoms with Gasteiger partial charge >= 0.3 is 5.97 Å². The fraction of sp³-hybridized carbons (Fsp3) is 0.0625. The molecule has 0 spiro atoms. The van der Waals surface area contributed by atoms with Crippen LogP contribution in [0, 0.1) is 0 Å². The first-order valence-electron chi connectivity index (χ1n) is 6.14. The molecule has 0 unspecified atom stereocenters. The Morgan fingerprint density at radius 1 is 1.15 bits per heavy atom. The second-order valence-corrected chi connectivity index (χ2v) is 5.17. The number of thiophene rings is 1. The van der Waals surface area contributed by atoms with Crippen molar-refractivity contribution in [2.24, 2.45) is 0 Å². The molecule has 0 saturated heterocycles. The van der Waals surface area contributed by atoms with Gasteiger partial charge in [0.1, 0.15) is 17.9 Å². The highest BCUT2D eigenvalue weighted by molar-refractivity contribution is 7.07. The van der Waals surface area contributed by atoms with Gasteiger partial charge in [-0.05, 0) is 39.2 Å². The standard InChI is InChI=1S/C16H12O3S/c17-16(18)15-13-4-2-1-3-12(13)5-6-14(15)19-9-11-7-8-20-10-11/h1-8,10H,9H2,(H,17,18). The Labute approximate surface area is 120 Å². The molecule has 0 amide bonds. The number of hydrogen-bond donors (Lipinski definition) is 1. The smallest absolute Gasteiger partial charge is 0.340 e. The average Bonchev–Trinajstić information content (AvgIpc) is 2.97. The van der Waals surface area contributed by atoms with Crippen LogP contribution in [0.15, 0.2) is 53.2 Å². The molecular formula is C16H12O3S. The Hall–Kier alpha value is -2.33. The largest absolute Gasteiger partial charge is 0.488 e. The summed E-state index contributed by atoms with van der Waals surface area (Å²) in [5, 5.41) is 15.0. The van der Waals surface area contributed by atoms with Crippen LogP contribution in [-0.2, 0) is 6.61 Å². The SMILES string of the molecule is O=C(O)c1c(OCc2ccsc2)ccc2ccccc12. The van der Waals surface area contributed by atoms with Crippen LogP contribution in [0.4, 0.5) is 0 Å². The van der Waals surface area contributed by atoms with Crippen molar-refractivity contribution in [1.82, 2.24) is 0 Å². The van der Waals surface area contributed by atoms with Crippen molar-refractivity contribution in [3.8, 4) is 5.75 Å².